The fourth-order valence-corrected chi connectivity index (χ4v) is 1.32. The summed E-state index contributed by atoms with van der Waals surface area (Å²) in [5.74, 6) is 0.703. The number of hydrogen-bond acceptors (Lipinski definition) is 2. The largest absolute Gasteiger partial charge is 0.311 e. The van der Waals surface area contributed by atoms with E-state index in [1.165, 1.54) is 5.69 Å². The van der Waals surface area contributed by atoms with Crippen LogP contribution in [0.25, 0.3) is 0 Å². The summed E-state index contributed by atoms with van der Waals surface area (Å²) in [6.45, 7) is 8.41. The van der Waals surface area contributed by atoms with Crippen molar-refractivity contribution in [2.45, 2.75) is 27.3 Å². The molecular formula is C10H19N3. The summed E-state index contributed by atoms with van der Waals surface area (Å²) in [7, 11) is 1.99. The van der Waals surface area contributed by atoms with Gasteiger partial charge in [-0.25, -0.2) is 0 Å². The average molecular weight is 181 g/mol. The van der Waals surface area contributed by atoms with Crippen molar-refractivity contribution in [2.75, 3.05) is 6.54 Å². The first-order valence-electron chi connectivity index (χ1n) is 4.80. The van der Waals surface area contributed by atoms with Gasteiger partial charge in [-0.15, -0.1) is 0 Å². The van der Waals surface area contributed by atoms with Crippen LogP contribution in [-0.2, 0) is 13.6 Å². The maximum Gasteiger partial charge on any atom is 0.0597 e. The predicted octanol–water partition coefficient (Wildman–Crippen LogP) is 1.47. The van der Waals surface area contributed by atoms with E-state index in [-0.39, 0.29) is 0 Å². The van der Waals surface area contributed by atoms with Gasteiger partial charge in [0.2, 0.25) is 0 Å². The highest BCUT2D eigenvalue weighted by molar-refractivity contribution is 5.08. The van der Waals surface area contributed by atoms with Crippen LogP contribution in [0.1, 0.15) is 25.2 Å². The lowest BCUT2D eigenvalue weighted by atomic mass is 10.2. The molecule has 0 aliphatic rings. The van der Waals surface area contributed by atoms with Crippen molar-refractivity contribution < 1.29 is 0 Å². The summed E-state index contributed by atoms with van der Waals surface area (Å²) in [6, 6.07) is 2.12. The van der Waals surface area contributed by atoms with E-state index in [9.17, 15) is 0 Å². The molecule has 0 aliphatic carbocycles. The first-order valence-corrected chi connectivity index (χ1v) is 4.80. The molecule has 0 saturated heterocycles. The summed E-state index contributed by atoms with van der Waals surface area (Å²) in [6.07, 6.45) is 0. The molecule has 0 aromatic carbocycles. The molecule has 0 amide bonds. The molecule has 0 unspecified atom stereocenters. The Bertz CT molecular complexity index is 263. The van der Waals surface area contributed by atoms with Crippen molar-refractivity contribution in [1.82, 2.24) is 15.1 Å². The minimum Gasteiger partial charge on any atom is -0.311 e. The summed E-state index contributed by atoms with van der Waals surface area (Å²) in [4.78, 5) is 0. The van der Waals surface area contributed by atoms with Crippen LogP contribution < -0.4 is 5.32 Å². The van der Waals surface area contributed by atoms with Crippen LogP contribution in [0.15, 0.2) is 6.07 Å². The number of aryl methyl sites for hydroxylation is 2. The third kappa shape index (κ3) is 3.19. The summed E-state index contributed by atoms with van der Waals surface area (Å²) < 4.78 is 1.93. The second-order valence-corrected chi connectivity index (χ2v) is 3.93. The average Bonchev–Trinajstić information content (AvgIpc) is 2.29. The van der Waals surface area contributed by atoms with E-state index in [2.05, 4.69) is 30.3 Å². The minimum atomic E-state index is 0.703. The minimum absolute atomic E-state index is 0.703. The molecule has 74 valence electrons. The van der Waals surface area contributed by atoms with E-state index in [4.69, 9.17) is 0 Å². The van der Waals surface area contributed by atoms with Gasteiger partial charge in [0.25, 0.3) is 0 Å². The normalized spacial score (nSPS) is 11.2. The van der Waals surface area contributed by atoms with E-state index >= 15 is 0 Å². The highest BCUT2D eigenvalue weighted by Crippen LogP contribution is 2.01. The summed E-state index contributed by atoms with van der Waals surface area (Å²) in [5, 5.41) is 7.68. The standard InChI is InChI=1S/C10H19N3/c1-8(2)6-11-7-10-5-9(3)12-13(10)4/h5,8,11H,6-7H2,1-4H3. The van der Waals surface area contributed by atoms with Crippen LogP contribution in [-0.4, -0.2) is 16.3 Å². The number of hydrogen-bond donors (Lipinski definition) is 1. The van der Waals surface area contributed by atoms with E-state index in [0.29, 0.717) is 5.92 Å². The lowest BCUT2D eigenvalue weighted by Crippen LogP contribution is -2.20. The lowest BCUT2D eigenvalue weighted by Gasteiger charge is -2.06. The van der Waals surface area contributed by atoms with Gasteiger partial charge in [-0.3, -0.25) is 4.68 Å². The lowest BCUT2D eigenvalue weighted by molar-refractivity contribution is 0.536. The van der Waals surface area contributed by atoms with Gasteiger partial charge in [-0.1, -0.05) is 13.8 Å². The fraction of sp³-hybridized carbons (Fsp3) is 0.700. The van der Waals surface area contributed by atoms with Crippen LogP contribution in [0, 0.1) is 12.8 Å². The number of aromatic nitrogens is 2. The third-order valence-electron chi connectivity index (χ3n) is 1.96. The molecule has 3 heteroatoms. The van der Waals surface area contributed by atoms with Crippen LogP contribution in [0.4, 0.5) is 0 Å². The molecule has 0 radical (unpaired) electrons. The van der Waals surface area contributed by atoms with E-state index in [1.807, 2.05) is 18.7 Å². The molecule has 0 spiro atoms. The Morgan fingerprint density at radius 3 is 2.69 bits per heavy atom. The molecule has 1 rings (SSSR count). The van der Waals surface area contributed by atoms with Gasteiger partial charge in [0.05, 0.1) is 11.4 Å². The Hall–Kier alpha value is -0.830. The first-order chi connectivity index (χ1) is 6.09. The van der Waals surface area contributed by atoms with Gasteiger partial charge < -0.3 is 5.32 Å². The van der Waals surface area contributed by atoms with E-state index in [0.717, 1.165) is 18.8 Å². The summed E-state index contributed by atoms with van der Waals surface area (Å²) >= 11 is 0. The first kappa shape index (κ1) is 10.3. The van der Waals surface area contributed by atoms with Gasteiger partial charge in [0.1, 0.15) is 0 Å². The van der Waals surface area contributed by atoms with Crippen molar-refractivity contribution in [3.8, 4) is 0 Å². The Morgan fingerprint density at radius 1 is 1.54 bits per heavy atom. The maximum atomic E-state index is 4.29. The Balaban J connectivity index is 2.40. The predicted molar refractivity (Wildman–Crippen MR) is 54.5 cm³/mol. The van der Waals surface area contributed by atoms with Gasteiger partial charge in [0, 0.05) is 13.6 Å². The topological polar surface area (TPSA) is 29.9 Å². The number of rotatable bonds is 4. The third-order valence-corrected chi connectivity index (χ3v) is 1.96. The number of nitrogens with one attached hydrogen (secondary N) is 1. The molecule has 0 saturated carbocycles. The highest BCUT2D eigenvalue weighted by Gasteiger charge is 2.01. The molecule has 0 fully saturated rings. The quantitative estimate of drug-likeness (QED) is 0.762. The molecule has 1 N–H and O–H groups in total. The van der Waals surface area contributed by atoms with Crippen molar-refractivity contribution in [3.05, 3.63) is 17.5 Å². The van der Waals surface area contributed by atoms with Crippen LogP contribution >= 0.6 is 0 Å². The van der Waals surface area contributed by atoms with Crippen LogP contribution in [0.2, 0.25) is 0 Å². The monoisotopic (exact) mass is 181 g/mol. The molecule has 1 heterocycles. The van der Waals surface area contributed by atoms with Crippen molar-refractivity contribution >= 4 is 0 Å². The molecule has 0 atom stereocenters. The van der Waals surface area contributed by atoms with Crippen LogP contribution in [0.5, 0.6) is 0 Å². The SMILES string of the molecule is Cc1cc(CNCC(C)C)n(C)n1. The van der Waals surface area contributed by atoms with Crippen LogP contribution in [0.3, 0.4) is 0 Å². The van der Waals surface area contributed by atoms with Crippen molar-refractivity contribution in [3.63, 3.8) is 0 Å². The zero-order chi connectivity index (χ0) is 9.84. The van der Waals surface area contributed by atoms with E-state index < -0.39 is 0 Å². The molecule has 1 aromatic rings. The number of nitrogens with zero attached hydrogens (tertiary/aromatic N) is 2. The Morgan fingerprint density at radius 2 is 2.23 bits per heavy atom. The van der Waals surface area contributed by atoms with Gasteiger partial charge in [0.15, 0.2) is 0 Å². The smallest absolute Gasteiger partial charge is 0.0597 e. The van der Waals surface area contributed by atoms with Crippen molar-refractivity contribution in [2.24, 2.45) is 13.0 Å². The van der Waals surface area contributed by atoms with E-state index in [1.54, 1.807) is 0 Å². The zero-order valence-corrected chi connectivity index (χ0v) is 8.96. The molecule has 0 aliphatic heterocycles. The highest BCUT2D eigenvalue weighted by atomic mass is 15.3. The molecule has 0 bridgehead atoms. The molecule has 13 heavy (non-hydrogen) atoms. The molecular weight excluding hydrogens is 162 g/mol. The maximum absolute atomic E-state index is 4.29. The Labute approximate surface area is 80.1 Å². The zero-order valence-electron chi connectivity index (χ0n) is 8.96. The fourth-order valence-electron chi connectivity index (χ4n) is 1.32. The molecule has 1 aromatic heterocycles. The second kappa shape index (κ2) is 4.42. The second-order valence-electron chi connectivity index (χ2n) is 3.93. The summed E-state index contributed by atoms with van der Waals surface area (Å²) in [5.41, 5.74) is 2.34. The molecule has 3 nitrogen and oxygen atoms in total. The van der Waals surface area contributed by atoms with Gasteiger partial charge in [-0.2, -0.15) is 5.10 Å². The van der Waals surface area contributed by atoms with Gasteiger partial charge in [-0.05, 0) is 25.5 Å². The van der Waals surface area contributed by atoms with Crippen molar-refractivity contribution in [1.29, 1.82) is 0 Å². The Kier molecular flexibility index (Phi) is 3.48. The van der Waals surface area contributed by atoms with Gasteiger partial charge >= 0.3 is 0 Å².